The van der Waals surface area contributed by atoms with Gasteiger partial charge in [-0.05, 0) is 25.1 Å². The van der Waals surface area contributed by atoms with Crippen molar-refractivity contribution in [3.8, 4) is 0 Å². The Morgan fingerprint density at radius 2 is 2.04 bits per heavy atom. The molecule has 2 rings (SSSR count). The Balaban J connectivity index is 1.74. The number of rotatable bonds is 8. The summed E-state index contributed by atoms with van der Waals surface area (Å²) in [6.45, 7) is 0.705. The molecule has 0 saturated carbocycles. The van der Waals surface area contributed by atoms with Gasteiger partial charge in [-0.25, -0.2) is 0 Å². The lowest BCUT2D eigenvalue weighted by atomic mass is 10.2. The second-order valence-corrected chi connectivity index (χ2v) is 5.46. The molecule has 27 heavy (non-hydrogen) atoms. The minimum atomic E-state index is -0.824. The number of carbonyl (C=O) groups excluding carboxylic acids is 3. The minimum absolute atomic E-state index is 0.0296. The number of esters is 1. The summed E-state index contributed by atoms with van der Waals surface area (Å²) in [4.78, 5) is 45.3. The zero-order chi connectivity index (χ0) is 19.8. The Bertz CT molecular complexity index is 833. The van der Waals surface area contributed by atoms with Gasteiger partial charge in [-0.2, -0.15) is 0 Å². The highest BCUT2D eigenvalue weighted by molar-refractivity contribution is 5.96. The molecular formula is C17H17N3O7. The van der Waals surface area contributed by atoms with Gasteiger partial charge in [0.25, 0.3) is 17.5 Å². The van der Waals surface area contributed by atoms with E-state index < -0.39 is 35.9 Å². The molecule has 10 heteroatoms. The fourth-order valence-corrected chi connectivity index (χ4v) is 2.10. The molecule has 0 bridgehead atoms. The molecule has 0 spiro atoms. The summed E-state index contributed by atoms with van der Waals surface area (Å²) in [6, 6.07) is 8.05. The van der Waals surface area contributed by atoms with Gasteiger partial charge in [0.15, 0.2) is 6.61 Å². The molecular weight excluding hydrogens is 358 g/mol. The number of amides is 2. The van der Waals surface area contributed by atoms with E-state index in [2.05, 4.69) is 10.6 Å². The fourth-order valence-electron chi connectivity index (χ4n) is 2.10. The van der Waals surface area contributed by atoms with E-state index in [-0.39, 0.29) is 17.3 Å². The molecule has 0 aliphatic heterocycles. The van der Waals surface area contributed by atoms with Gasteiger partial charge in [0.05, 0.1) is 17.2 Å². The highest BCUT2D eigenvalue weighted by Gasteiger charge is 2.15. The molecule has 2 amide bonds. The molecule has 0 saturated heterocycles. The van der Waals surface area contributed by atoms with Crippen LogP contribution in [0.25, 0.3) is 0 Å². The number of ether oxygens (including phenoxy) is 1. The lowest BCUT2D eigenvalue weighted by Gasteiger charge is -2.11. The molecule has 2 N–H and O–H groups in total. The van der Waals surface area contributed by atoms with Crippen molar-refractivity contribution in [1.29, 1.82) is 0 Å². The highest BCUT2D eigenvalue weighted by Crippen LogP contribution is 2.13. The average Bonchev–Trinajstić information content (AvgIpc) is 3.19. The number of non-ortho nitro benzene ring substituents is 1. The molecule has 0 fully saturated rings. The van der Waals surface area contributed by atoms with Gasteiger partial charge in [-0.15, -0.1) is 0 Å². The number of nitro benzene ring substituents is 1. The molecule has 1 aromatic carbocycles. The molecule has 142 valence electrons. The summed E-state index contributed by atoms with van der Waals surface area (Å²) in [5, 5.41) is 15.6. The van der Waals surface area contributed by atoms with Gasteiger partial charge >= 0.3 is 5.97 Å². The number of hydrogen-bond donors (Lipinski definition) is 2. The van der Waals surface area contributed by atoms with E-state index >= 15 is 0 Å². The van der Waals surface area contributed by atoms with Crippen molar-refractivity contribution >= 4 is 23.5 Å². The quantitative estimate of drug-likeness (QED) is 0.403. The second-order valence-electron chi connectivity index (χ2n) is 5.46. The number of carbonyl (C=O) groups is 3. The fraction of sp³-hybridized carbons (Fsp3) is 0.235. The van der Waals surface area contributed by atoms with Crippen molar-refractivity contribution in [2.45, 2.75) is 13.0 Å². The van der Waals surface area contributed by atoms with Gasteiger partial charge < -0.3 is 19.8 Å². The third-order valence-electron chi connectivity index (χ3n) is 3.42. The van der Waals surface area contributed by atoms with E-state index in [0.29, 0.717) is 5.76 Å². The number of nitro groups is 1. The summed E-state index contributed by atoms with van der Waals surface area (Å²) < 4.78 is 9.91. The SMILES string of the molecule is C[C@@H](NC(=O)COC(=O)CNC(=O)c1cccc([N+](=O)[O-])c1)c1ccco1. The number of hydrogen-bond acceptors (Lipinski definition) is 7. The molecule has 1 atom stereocenters. The van der Waals surface area contributed by atoms with Crippen LogP contribution < -0.4 is 10.6 Å². The molecule has 0 radical (unpaired) electrons. The summed E-state index contributed by atoms with van der Waals surface area (Å²) in [5.74, 6) is -1.47. The van der Waals surface area contributed by atoms with Crippen molar-refractivity contribution < 1.29 is 28.5 Å². The number of nitrogens with one attached hydrogen (secondary N) is 2. The molecule has 0 aliphatic rings. The van der Waals surface area contributed by atoms with Crippen molar-refractivity contribution in [1.82, 2.24) is 10.6 Å². The summed E-state index contributed by atoms with van der Waals surface area (Å²) >= 11 is 0. The summed E-state index contributed by atoms with van der Waals surface area (Å²) in [5.41, 5.74) is -0.213. The van der Waals surface area contributed by atoms with Crippen molar-refractivity contribution in [3.63, 3.8) is 0 Å². The Kier molecular flexibility index (Phi) is 6.64. The Hall–Kier alpha value is -3.69. The third kappa shape index (κ3) is 5.96. The minimum Gasteiger partial charge on any atom is -0.467 e. The van der Waals surface area contributed by atoms with Gasteiger partial charge in [0, 0.05) is 17.7 Å². The number of furan rings is 1. The smallest absolute Gasteiger partial charge is 0.325 e. The van der Waals surface area contributed by atoms with Crippen molar-refractivity contribution in [2.75, 3.05) is 13.2 Å². The normalized spacial score (nSPS) is 11.3. The van der Waals surface area contributed by atoms with E-state index in [1.54, 1.807) is 19.1 Å². The van der Waals surface area contributed by atoms with Crippen LogP contribution in [0.5, 0.6) is 0 Å². The van der Waals surface area contributed by atoms with Crippen LogP contribution >= 0.6 is 0 Å². The maximum Gasteiger partial charge on any atom is 0.325 e. The zero-order valence-electron chi connectivity index (χ0n) is 14.3. The second kappa shape index (κ2) is 9.13. The van der Waals surface area contributed by atoms with Crippen LogP contribution in [0.2, 0.25) is 0 Å². The molecule has 0 unspecified atom stereocenters. The maximum atomic E-state index is 11.9. The van der Waals surface area contributed by atoms with E-state index in [1.165, 1.54) is 24.5 Å². The predicted octanol–water partition coefficient (Wildman–Crippen LogP) is 1.34. The van der Waals surface area contributed by atoms with Crippen LogP contribution in [0.3, 0.4) is 0 Å². The van der Waals surface area contributed by atoms with Crippen LogP contribution in [-0.2, 0) is 14.3 Å². The van der Waals surface area contributed by atoms with Crippen molar-refractivity contribution in [3.05, 3.63) is 64.1 Å². The predicted molar refractivity (Wildman–Crippen MR) is 91.7 cm³/mol. The average molecular weight is 375 g/mol. The number of benzene rings is 1. The van der Waals surface area contributed by atoms with Crippen LogP contribution in [0, 0.1) is 10.1 Å². The molecule has 0 aliphatic carbocycles. The Labute approximate surface area is 153 Å². The standard InChI is InChI=1S/C17H17N3O7/c1-11(14-6-3-7-26-14)19-15(21)10-27-16(22)9-18-17(23)12-4-2-5-13(8-12)20(24)25/h2-8,11H,9-10H2,1H3,(H,18,23)(H,19,21)/t11-/m1/s1. The molecule has 2 aromatic rings. The zero-order valence-corrected chi connectivity index (χ0v) is 14.3. The van der Waals surface area contributed by atoms with Gasteiger partial charge in [0.2, 0.25) is 0 Å². The first kappa shape index (κ1) is 19.6. The monoisotopic (exact) mass is 375 g/mol. The summed E-state index contributed by atoms with van der Waals surface area (Å²) in [6.07, 6.45) is 1.47. The van der Waals surface area contributed by atoms with Gasteiger partial charge in [0.1, 0.15) is 12.3 Å². The number of nitrogens with zero attached hydrogens (tertiary/aromatic N) is 1. The molecule has 1 heterocycles. The van der Waals surface area contributed by atoms with E-state index in [9.17, 15) is 24.5 Å². The van der Waals surface area contributed by atoms with E-state index in [1.807, 2.05) is 0 Å². The van der Waals surface area contributed by atoms with Gasteiger partial charge in [-0.1, -0.05) is 6.07 Å². The lowest BCUT2D eigenvalue weighted by Crippen LogP contribution is -2.34. The van der Waals surface area contributed by atoms with E-state index in [4.69, 9.17) is 9.15 Å². The largest absolute Gasteiger partial charge is 0.467 e. The topological polar surface area (TPSA) is 141 Å². The van der Waals surface area contributed by atoms with E-state index in [0.717, 1.165) is 6.07 Å². The first-order valence-corrected chi connectivity index (χ1v) is 7.88. The maximum absolute atomic E-state index is 11.9. The van der Waals surface area contributed by atoms with Crippen LogP contribution in [0.1, 0.15) is 29.1 Å². The highest BCUT2D eigenvalue weighted by atomic mass is 16.6. The Morgan fingerprint density at radius 1 is 1.26 bits per heavy atom. The summed E-state index contributed by atoms with van der Waals surface area (Å²) in [7, 11) is 0. The van der Waals surface area contributed by atoms with Crippen LogP contribution in [0.15, 0.2) is 47.1 Å². The lowest BCUT2D eigenvalue weighted by molar-refractivity contribution is -0.384. The first-order valence-electron chi connectivity index (χ1n) is 7.88. The first-order chi connectivity index (χ1) is 12.9. The molecule has 10 nitrogen and oxygen atoms in total. The molecule has 1 aromatic heterocycles. The van der Waals surface area contributed by atoms with Crippen molar-refractivity contribution in [2.24, 2.45) is 0 Å². The third-order valence-corrected chi connectivity index (χ3v) is 3.42. The van der Waals surface area contributed by atoms with Crippen LogP contribution in [0.4, 0.5) is 5.69 Å². The Morgan fingerprint density at radius 3 is 2.70 bits per heavy atom. The van der Waals surface area contributed by atoms with Gasteiger partial charge in [-0.3, -0.25) is 24.5 Å². The van der Waals surface area contributed by atoms with Crippen LogP contribution in [-0.4, -0.2) is 35.9 Å².